The number of nitrogens with zero attached hydrogens (tertiary/aromatic N) is 1. The Kier molecular flexibility index (Phi) is 7.00. The number of carbonyl (C=O) groups excluding carboxylic acids is 2. The molecule has 0 radical (unpaired) electrons. The van der Waals surface area contributed by atoms with Crippen LogP contribution in [-0.2, 0) is 9.47 Å². The first-order valence-corrected chi connectivity index (χ1v) is 9.18. The molecule has 0 aromatic heterocycles. The van der Waals surface area contributed by atoms with E-state index in [0.717, 1.165) is 44.3 Å². The average Bonchev–Trinajstić information content (AvgIpc) is 2.75. The van der Waals surface area contributed by atoms with Gasteiger partial charge in [-0.3, -0.25) is 9.69 Å². The minimum atomic E-state index is -0.562. The van der Waals surface area contributed by atoms with Crippen molar-refractivity contribution in [1.82, 2.24) is 4.90 Å². The van der Waals surface area contributed by atoms with Crippen molar-refractivity contribution >= 4 is 23.6 Å². The number of morpholine rings is 1. The number of esters is 1. The quantitative estimate of drug-likeness (QED) is 0.554. The minimum absolute atomic E-state index is 0.214. The second-order valence-electron chi connectivity index (χ2n) is 6.33. The fraction of sp³-hybridized carbons (Fsp3) is 0.333. The second-order valence-corrected chi connectivity index (χ2v) is 6.33. The fourth-order valence-electron chi connectivity index (χ4n) is 3.01. The van der Waals surface area contributed by atoms with Gasteiger partial charge in [-0.15, -0.1) is 0 Å². The van der Waals surface area contributed by atoms with Gasteiger partial charge >= 0.3 is 5.97 Å². The Morgan fingerprint density at radius 2 is 1.93 bits per heavy atom. The predicted octanol–water partition coefficient (Wildman–Crippen LogP) is 2.74. The van der Waals surface area contributed by atoms with Gasteiger partial charge < -0.3 is 19.5 Å². The zero-order chi connectivity index (χ0) is 19.8. The number of aldehydes is 1. The molecule has 3 rings (SSSR count). The van der Waals surface area contributed by atoms with Gasteiger partial charge in [0, 0.05) is 30.9 Å². The summed E-state index contributed by atoms with van der Waals surface area (Å²) in [5.41, 5.74) is 1.77. The lowest BCUT2D eigenvalue weighted by molar-refractivity contribution is 0.0322. The van der Waals surface area contributed by atoms with Gasteiger partial charge in [0.15, 0.2) is 6.29 Å². The van der Waals surface area contributed by atoms with E-state index < -0.39 is 5.97 Å². The van der Waals surface area contributed by atoms with Gasteiger partial charge in [-0.1, -0.05) is 12.1 Å². The van der Waals surface area contributed by atoms with E-state index in [4.69, 9.17) is 14.2 Å². The summed E-state index contributed by atoms with van der Waals surface area (Å²) in [6, 6.07) is 12.5. The molecular weight excluding hydrogens is 360 g/mol. The lowest BCUT2D eigenvalue weighted by Gasteiger charge is -2.26. The maximum Gasteiger partial charge on any atom is 0.340 e. The fourth-order valence-corrected chi connectivity index (χ4v) is 3.01. The summed E-state index contributed by atoms with van der Waals surface area (Å²) in [7, 11) is 1.29. The van der Waals surface area contributed by atoms with Crippen molar-refractivity contribution in [3.63, 3.8) is 0 Å². The van der Waals surface area contributed by atoms with Gasteiger partial charge in [-0.05, 0) is 30.3 Å². The first kappa shape index (κ1) is 19.9. The Morgan fingerprint density at radius 3 is 2.61 bits per heavy atom. The van der Waals surface area contributed by atoms with E-state index in [1.807, 2.05) is 24.3 Å². The second kappa shape index (κ2) is 9.87. The topological polar surface area (TPSA) is 77.1 Å². The lowest BCUT2D eigenvalue weighted by Crippen LogP contribution is -2.38. The molecule has 0 amide bonds. The molecule has 28 heavy (non-hydrogen) atoms. The van der Waals surface area contributed by atoms with E-state index in [-0.39, 0.29) is 11.1 Å². The van der Waals surface area contributed by atoms with Gasteiger partial charge in [-0.25, -0.2) is 4.79 Å². The van der Waals surface area contributed by atoms with Crippen LogP contribution in [0, 0.1) is 0 Å². The molecule has 1 fully saturated rings. The van der Waals surface area contributed by atoms with E-state index in [9.17, 15) is 9.59 Å². The summed E-state index contributed by atoms with van der Waals surface area (Å²) < 4.78 is 15.9. The number of hydrogen-bond acceptors (Lipinski definition) is 7. The highest BCUT2D eigenvalue weighted by Crippen LogP contribution is 2.25. The van der Waals surface area contributed by atoms with Crippen LogP contribution in [0.25, 0.3) is 0 Å². The SMILES string of the molecule is COC(=O)c1c(C=O)cccc1Nc1ccc(OCCN2CCOCC2)cc1. The Hall–Kier alpha value is -2.90. The first-order valence-electron chi connectivity index (χ1n) is 9.18. The summed E-state index contributed by atoms with van der Waals surface area (Å²) in [6.07, 6.45) is 0.642. The van der Waals surface area contributed by atoms with Crippen LogP contribution in [-0.4, -0.2) is 63.7 Å². The van der Waals surface area contributed by atoms with Crippen molar-refractivity contribution in [2.45, 2.75) is 0 Å². The third-order valence-corrected chi connectivity index (χ3v) is 4.53. The van der Waals surface area contributed by atoms with Crippen molar-refractivity contribution < 1.29 is 23.8 Å². The van der Waals surface area contributed by atoms with Crippen LogP contribution in [0.15, 0.2) is 42.5 Å². The van der Waals surface area contributed by atoms with Gasteiger partial charge in [0.25, 0.3) is 0 Å². The zero-order valence-corrected chi connectivity index (χ0v) is 15.8. The number of anilines is 2. The van der Waals surface area contributed by atoms with Crippen molar-refractivity contribution in [2.24, 2.45) is 0 Å². The third kappa shape index (κ3) is 5.09. The molecule has 0 bridgehead atoms. The molecule has 0 spiro atoms. The van der Waals surface area contributed by atoms with Gasteiger partial charge in [0.2, 0.25) is 0 Å². The molecular formula is C21H24N2O5. The summed E-state index contributed by atoms with van der Waals surface area (Å²) in [6.45, 7) is 4.91. The van der Waals surface area contributed by atoms with Gasteiger partial charge in [-0.2, -0.15) is 0 Å². The molecule has 1 heterocycles. The van der Waals surface area contributed by atoms with Crippen LogP contribution in [0.1, 0.15) is 20.7 Å². The van der Waals surface area contributed by atoms with Crippen LogP contribution in [0.3, 0.4) is 0 Å². The molecule has 7 heteroatoms. The third-order valence-electron chi connectivity index (χ3n) is 4.53. The highest BCUT2D eigenvalue weighted by atomic mass is 16.5. The molecule has 7 nitrogen and oxygen atoms in total. The summed E-state index contributed by atoms with van der Waals surface area (Å²) in [5, 5.41) is 3.16. The molecule has 1 aliphatic heterocycles. The molecule has 1 saturated heterocycles. The van der Waals surface area contributed by atoms with E-state index in [1.165, 1.54) is 7.11 Å². The van der Waals surface area contributed by atoms with Crippen molar-refractivity contribution in [3.05, 3.63) is 53.6 Å². The molecule has 0 unspecified atom stereocenters. The van der Waals surface area contributed by atoms with Crippen LogP contribution < -0.4 is 10.1 Å². The van der Waals surface area contributed by atoms with Crippen LogP contribution in [0.2, 0.25) is 0 Å². The normalized spacial score (nSPS) is 14.3. The molecule has 1 aliphatic rings. The maximum absolute atomic E-state index is 12.1. The van der Waals surface area contributed by atoms with Crippen LogP contribution in [0.5, 0.6) is 5.75 Å². The van der Waals surface area contributed by atoms with E-state index in [2.05, 4.69) is 10.2 Å². The Morgan fingerprint density at radius 1 is 1.18 bits per heavy atom. The highest BCUT2D eigenvalue weighted by Gasteiger charge is 2.17. The molecule has 0 atom stereocenters. The largest absolute Gasteiger partial charge is 0.492 e. The molecule has 0 saturated carbocycles. The van der Waals surface area contributed by atoms with Crippen molar-refractivity contribution in [3.8, 4) is 5.75 Å². The Bertz CT molecular complexity index is 801. The smallest absolute Gasteiger partial charge is 0.340 e. The number of ether oxygens (including phenoxy) is 3. The lowest BCUT2D eigenvalue weighted by atomic mass is 10.1. The summed E-state index contributed by atoms with van der Waals surface area (Å²) in [4.78, 5) is 25.6. The zero-order valence-electron chi connectivity index (χ0n) is 15.8. The van der Waals surface area contributed by atoms with Crippen molar-refractivity contribution in [1.29, 1.82) is 0 Å². The molecule has 1 N–H and O–H groups in total. The first-order chi connectivity index (χ1) is 13.7. The van der Waals surface area contributed by atoms with Crippen LogP contribution >= 0.6 is 0 Å². The Labute approximate surface area is 164 Å². The van der Waals surface area contributed by atoms with E-state index in [0.29, 0.717) is 18.6 Å². The number of methoxy groups -OCH3 is 1. The summed E-state index contributed by atoms with van der Waals surface area (Å²) in [5.74, 6) is 0.210. The number of nitrogens with one attached hydrogen (secondary N) is 1. The standard InChI is InChI=1S/C21H24N2O5/c1-26-21(25)20-16(15-24)3-2-4-19(20)22-17-5-7-18(8-6-17)28-14-11-23-9-12-27-13-10-23/h2-8,15,22H,9-14H2,1H3. The number of rotatable bonds is 8. The number of benzene rings is 2. The highest BCUT2D eigenvalue weighted by molar-refractivity contribution is 6.03. The molecule has 2 aromatic carbocycles. The monoisotopic (exact) mass is 384 g/mol. The summed E-state index contributed by atoms with van der Waals surface area (Å²) >= 11 is 0. The Balaban J connectivity index is 1.61. The van der Waals surface area contributed by atoms with Crippen molar-refractivity contribution in [2.75, 3.05) is 51.9 Å². The van der Waals surface area contributed by atoms with Crippen LogP contribution in [0.4, 0.5) is 11.4 Å². The minimum Gasteiger partial charge on any atom is -0.492 e. The predicted molar refractivity (Wildman–Crippen MR) is 106 cm³/mol. The van der Waals surface area contributed by atoms with Gasteiger partial charge in [0.1, 0.15) is 12.4 Å². The number of carbonyl (C=O) groups is 2. The van der Waals surface area contributed by atoms with E-state index in [1.54, 1.807) is 18.2 Å². The number of hydrogen-bond donors (Lipinski definition) is 1. The molecule has 2 aromatic rings. The maximum atomic E-state index is 12.1. The van der Waals surface area contributed by atoms with Gasteiger partial charge in [0.05, 0.1) is 31.6 Å². The average molecular weight is 384 g/mol. The molecule has 148 valence electrons. The molecule has 0 aliphatic carbocycles. The van der Waals surface area contributed by atoms with E-state index >= 15 is 0 Å².